The summed E-state index contributed by atoms with van der Waals surface area (Å²) in [5, 5.41) is 6.21. The van der Waals surface area contributed by atoms with Crippen molar-refractivity contribution in [2.24, 2.45) is 0 Å². The molecule has 0 radical (unpaired) electrons. The van der Waals surface area contributed by atoms with Crippen molar-refractivity contribution in [2.45, 2.75) is 13.5 Å². The fourth-order valence-corrected chi connectivity index (χ4v) is 3.11. The lowest BCUT2D eigenvalue weighted by Gasteiger charge is -2.09. The van der Waals surface area contributed by atoms with E-state index in [4.69, 9.17) is 21.1 Å². The number of halogens is 1. The SMILES string of the molecule is CCOC(=O)Oc1ccc(C(=O)Nc2cccc(CNC(=O)/C=C/c3cccc(Cl)c3)c2)cc1. The van der Waals surface area contributed by atoms with E-state index >= 15 is 0 Å². The van der Waals surface area contributed by atoms with E-state index in [1.165, 1.54) is 18.2 Å². The van der Waals surface area contributed by atoms with Crippen molar-refractivity contribution in [1.82, 2.24) is 5.32 Å². The highest BCUT2D eigenvalue weighted by Gasteiger charge is 2.09. The summed E-state index contributed by atoms with van der Waals surface area (Å²) in [5.41, 5.74) is 2.62. The molecule has 0 saturated heterocycles. The van der Waals surface area contributed by atoms with Crippen molar-refractivity contribution < 1.29 is 23.9 Å². The van der Waals surface area contributed by atoms with Gasteiger partial charge in [-0.05, 0) is 72.7 Å². The number of carbonyl (C=O) groups excluding carboxylic acids is 3. The van der Waals surface area contributed by atoms with Gasteiger partial charge in [0.2, 0.25) is 5.91 Å². The third-order valence-electron chi connectivity index (χ3n) is 4.51. The van der Waals surface area contributed by atoms with Gasteiger partial charge >= 0.3 is 6.16 Å². The van der Waals surface area contributed by atoms with E-state index in [1.54, 1.807) is 55.5 Å². The second-order valence-corrected chi connectivity index (χ2v) is 7.51. The van der Waals surface area contributed by atoms with Gasteiger partial charge in [0, 0.05) is 28.9 Å². The summed E-state index contributed by atoms with van der Waals surface area (Å²) in [6, 6.07) is 20.4. The zero-order chi connectivity index (χ0) is 24.3. The average Bonchev–Trinajstić information content (AvgIpc) is 2.82. The van der Waals surface area contributed by atoms with Gasteiger partial charge in [-0.25, -0.2) is 4.79 Å². The predicted molar refractivity (Wildman–Crippen MR) is 131 cm³/mol. The third-order valence-corrected chi connectivity index (χ3v) is 4.74. The fourth-order valence-electron chi connectivity index (χ4n) is 2.91. The summed E-state index contributed by atoms with van der Waals surface area (Å²) in [4.78, 5) is 36.0. The summed E-state index contributed by atoms with van der Waals surface area (Å²) < 4.78 is 9.69. The topological polar surface area (TPSA) is 93.7 Å². The molecule has 0 heterocycles. The maximum atomic E-state index is 12.5. The van der Waals surface area contributed by atoms with Crippen LogP contribution in [0.25, 0.3) is 6.08 Å². The first-order chi connectivity index (χ1) is 16.4. The maximum Gasteiger partial charge on any atom is 0.513 e. The van der Waals surface area contributed by atoms with E-state index in [1.807, 2.05) is 18.2 Å². The molecule has 7 nitrogen and oxygen atoms in total. The Bertz CT molecular complexity index is 1190. The highest BCUT2D eigenvalue weighted by molar-refractivity contribution is 6.30. The van der Waals surface area contributed by atoms with Gasteiger partial charge in [-0.2, -0.15) is 0 Å². The minimum atomic E-state index is -0.802. The summed E-state index contributed by atoms with van der Waals surface area (Å²) in [7, 11) is 0. The highest BCUT2D eigenvalue weighted by atomic mass is 35.5. The molecule has 0 aliphatic carbocycles. The molecule has 174 valence electrons. The zero-order valence-electron chi connectivity index (χ0n) is 18.4. The number of hydrogen-bond donors (Lipinski definition) is 2. The standard InChI is InChI=1S/C26H23ClN2O5/c1-2-33-26(32)34-23-12-10-20(11-13-23)25(31)29-22-8-4-6-19(16-22)17-28-24(30)14-9-18-5-3-7-21(27)15-18/h3-16H,2,17H2,1H3,(H,28,30)(H,29,31)/b14-9+. The lowest BCUT2D eigenvalue weighted by molar-refractivity contribution is -0.116. The van der Waals surface area contributed by atoms with Crippen LogP contribution in [0, 0.1) is 0 Å². The molecule has 3 rings (SSSR count). The molecule has 0 spiro atoms. The number of hydrogen-bond acceptors (Lipinski definition) is 5. The smallest absolute Gasteiger partial charge is 0.434 e. The van der Waals surface area contributed by atoms with Gasteiger partial charge in [0.05, 0.1) is 6.61 Å². The Kier molecular flexibility index (Phi) is 8.82. The van der Waals surface area contributed by atoms with E-state index < -0.39 is 6.16 Å². The van der Waals surface area contributed by atoms with Gasteiger partial charge in [0.25, 0.3) is 5.91 Å². The quantitative estimate of drug-likeness (QED) is 0.255. The van der Waals surface area contributed by atoms with Gasteiger partial charge in [-0.15, -0.1) is 0 Å². The maximum absolute atomic E-state index is 12.5. The molecule has 3 aromatic carbocycles. The lowest BCUT2D eigenvalue weighted by Crippen LogP contribution is -2.20. The van der Waals surface area contributed by atoms with E-state index in [0.29, 0.717) is 22.8 Å². The van der Waals surface area contributed by atoms with Gasteiger partial charge in [-0.1, -0.05) is 35.9 Å². The first-order valence-corrected chi connectivity index (χ1v) is 10.9. The molecule has 0 aromatic heterocycles. The van der Waals surface area contributed by atoms with Crippen LogP contribution in [0.5, 0.6) is 5.75 Å². The number of ether oxygens (including phenoxy) is 2. The van der Waals surface area contributed by atoms with Crippen molar-refractivity contribution in [1.29, 1.82) is 0 Å². The molecule has 0 atom stereocenters. The Balaban J connectivity index is 1.53. The highest BCUT2D eigenvalue weighted by Crippen LogP contribution is 2.16. The van der Waals surface area contributed by atoms with Gasteiger partial charge in [-0.3, -0.25) is 9.59 Å². The molecule has 2 amide bonds. The molecule has 3 aromatic rings. The molecule has 0 saturated carbocycles. The lowest BCUT2D eigenvalue weighted by atomic mass is 10.1. The molecular weight excluding hydrogens is 456 g/mol. The Morgan fingerprint density at radius 3 is 2.47 bits per heavy atom. The van der Waals surface area contributed by atoms with Crippen LogP contribution in [0.2, 0.25) is 5.02 Å². The molecular formula is C26H23ClN2O5. The van der Waals surface area contributed by atoms with Crippen molar-refractivity contribution >= 4 is 41.3 Å². The molecule has 0 bridgehead atoms. The molecule has 34 heavy (non-hydrogen) atoms. The summed E-state index contributed by atoms with van der Waals surface area (Å²) in [6.45, 7) is 2.18. The van der Waals surface area contributed by atoms with E-state index in [0.717, 1.165) is 11.1 Å². The fraction of sp³-hybridized carbons (Fsp3) is 0.115. The Hall–Kier alpha value is -4.10. The second-order valence-electron chi connectivity index (χ2n) is 7.07. The normalized spacial score (nSPS) is 10.5. The number of carbonyl (C=O) groups is 3. The largest absolute Gasteiger partial charge is 0.513 e. The first kappa shape index (κ1) is 24.5. The van der Waals surface area contributed by atoms with Crippen LogP contribution in [-0.4, -0.2) is 24.6 Å². The molecule has 0 aliphatic heterocycles. The van der Waals surface area contributed by atoms with E-state index in [-0.39, 0.29) is 24.2 Å². The van der Waals surface area contributed by atoms with E-state index in [9.17, 15) is 14.4 Å². The molecule has 0 fully saturated rings. The van der Waals surface area contributed by atoms with E-state index in [2.05, 4.69) is 10.6 Å². The van der Waals surface area contributed by atoms with Crippen molar-refractivity contribution in [3.8, 4) is 5.75 Å². The molecule has 2 N–H and O–H groups in total. The van der Waals surface area contributed by atoms with Crippen molar-refractivity contribution in [3.63, 3.8) is 0 Å². The first-order valence-electron chi connectivity index (χ1n) is 10.5. The predicted octanol–water partition coefficient (Wildman–Crippen LogP) is 5.46. The van der Waals surface area contributed by atoms with Crippen molar-refractivity contribution in [3.05, 3.63) is 101 Å². The van der Waals surface area contributed by atoms with Gasteiger partial charge < -0.3 is 20.1 Å². The van der Waals surface area contributed by atoms with Crippen LogP contribution in [0.1, 0.15) is 28.4 Å². The Morgan fingerprint density at radius 2 is 1.74 bits per heavy atom. The van der Waals surface area contributed by atoms with Crippen LogP contribution in [0.15, 0.2) is 78.9 Å². The number of amides is 2. The van der Waals surface area contributed by atoms with Crippen LogP contribution in [0.3, 0.4) is 0 Å². The van der Waals surface area contributed by atoms with Gasteiger partial charge in [0.1, 0.15) is 5.75 Å². The molecule has 0 unspecified atom stereocenters. The summed E-state index contributed by atoms with van der Waals surface area (Å²) in [6.07, 6.45) is 2.32. The van der Waals surface area contributed by atoms with Crippen LogP contribution in [-0.2, 0) is 16.1 Å². The number of anilines is 1. The number of benzene rings is 3. The van der Waals surface area contributed by atoms with Crippen molar-refractivity contribution in [2.75, 3.05) is 11.9 Å². The minimum Gasteiger partial charge on any atom is -0.434 e. The third kappa shape index (κ3) is 7.79. The number of nitrogens with one attached hydrogen (secondary N) is 2. The van der Waals surface area contributed by atoms with Gasteiger partial charge in [0.15, 0.2) is 0 Å². The monoisotopic (exact) mass is 478 g/mol. The Labute approximate surface area is 202 Å². The average molecular weight is 479 g/mol. The molecule has 8 heteroatoms. The zero-order valence-corrected chi connectivity index (χ0v) is 19.2. The number of rotatable bonds is 8. The van der Waals surface area contributed by atoms with Crippen LogP contribution >= 0.6 is 11.6 Å². The van der Waals surface area contributed by atoms with Crippen LogP contribution < -0.4 is 15.4 Å². The summed E-state index contributed by atoms with van der Waals surface area (Å²) in [5.74, 6) is -0.301. The second kappa shape index (κ2) is 12.2. The summed E-state index contributed by atoms with van der Waals surface area (Å²) >= 11 is 5.94. The Morgan fingerprint density at radius 1 is 0.971 bits per heavy atom. The molecule has 0 aliphatic rings. The minimum absolute atomic E-state index is 0.210. The van der Waals surface area contributed by atoms with Crippen LogP contribution in [0.4, 0.5) is 10.5 Å².